The van der Waals surface area contributed by atoms with Crippen molar-refractivity contribution < 1.29 is 9.18 Å². The van der Waals surface area contributed by atoms with E-state index >= 15 is 0 Å². The zero-order valence-electron chi connectivity index (χ0n) is 8.11. The van der Waals surface area contributed by atoms with Gasteiger partial charge in [0.1, 0.15) is 5.82 Å². The highest BCUT2D eigenvalue weighted by molar-refractivity contribution is 9.10. The van der Waals surface area contributed by atoms with Gasteiger partial charge in [-0.3, -0.25) is 9.78 Å². The van der Waals surface area contributed by atoms with E-state index in [-0.39, 0.29) is 16.7 Å². The van der Waals surface area contributed by atoms with Crippen LogP contribution in [-0.2, 0) is 6.42 Å². The molecular formula is C11H7BrFNOS. The zero-order chi connectivity index (χ0) is 11.5. The Morgan fingerprint density at radius 2 is 2.31 bits per heavy atom. The van der Waals surface area contributed by atoms with E-state index in [1.165, 1.54) is 23.5 Å². The number of carbonyl (C=O) groups is 1. The first-order valence-corrected chi connectivity index (χ1v) is 6.20. The van der Waals surface area contributed by atoms with Crippen LogP contribution in [-0.4, -0.2) is 10.8 Å². The van der Waals surface area contributed by atoms with E-state index in [9.17, 15) is 9.18 Å². The number of rotatable bonds is 3. The van der Waals surface area contributed by atoms with E-state index in [2.05, 4.69) is 20.9 Å². The minimum Gasteiger partial charge on any atom is -0.294 e. The predicted octanol–water partition coefficient (Wildman–Crippen LogP) is 3.47. The van der Waals surface area contributed by atoms with Gasteiger partial charge in [0.15, 0.2) is 5.78 Å². The molecule has 0 unspecified atom stereocenters. The second-order valence-corrected chi connectivity index (χ2v) is 4.93. The molecule has 0 N–H and O–H groups in total. The molecular weight excluding hydrogens is 293 g/mol. The molecule has 0 saturated carbocycles. The standard InChI is InChI=1S/C11H7BrFNOS/c12-11-8(2-1-3-9(11)13)10(15)4-7-5-14-6-16-7/h1-3,5-6H,4H2. The first-order valence-electron chi connectivity index (χ1n) is 4.53. The van der Waals surface area contributed by atoms with Crippen molar-refractivity contribution in [2.24, 2.45) is 0 Å². The first kappa shape index (κ1) is 11.4. The number of thiazole rings is 1. The van der Waals surface area contributed by atoms with Crippen LogP contribution in [0.2, 0.25) is 0 Å². The number of hydrogen-bond acceptors (Lipinski definition) is 3. The summed E-state index contributed by atoms with van der Waals surface area (Å²) < 4.78 is 13.4. The number of aromatic nitrogens is 1. The molecule has 16 heavy (non-hydrogen) atoms. The highest BCUT2D eigenvalue weighted by Crippen LogP contribution is 2.22. The summed E-state index contributed by atoms with van der Waals surface area (Å²) in [6.45, 7) is 0. The van der Waals surface area contributed by atoms with Gasteiger partial charge in [-0.25, -0.2) is 4.39 Å². The summed E-state index contributed by atoms with van der Waals surface area (Å²) in [5.41, 5.74) is 2.04. The molecule has 0 saturated heterocycles. The molecule has 82 valence electrons. The van der Waals surface area contributed by atoms with Crippen LogP contribution >= 0.6 is 27.3 Å². The molecule has 5 heteroatoms. The Morgan fingerprint density at radius 1 is 1.50 bits per heavy atom. The van der Waals surface area contributed by atoms with Gasteiger partial charge in [0, 0.05) is 23.1 Å². The summed E-state index contributed by atoms with van der Waals surface area (Å²) >= 11 is 4.49. The maximum Gasteiger partial charge on any atom is 0.169 e. The lowest BCUT2D eigenvalue weighted by molar-refractivity contribution is 0.0992. The molecule has 2 rings (SSSR count). The molecule has 0 spiro atoms. The minimum absolute atomic E-state index is 0.115. The summed E-state index contributed by atoms with van der Waals surface area (Å²) in [5, 5.41) is 0. The van der Waals surface area contributed by atoms with Crippen LogP contribution in [0, 0.1) is 5.82 Å². The van der Waals surface area contributed by atoms with Crippen molar-refractivity contribution >= 4 is 33.0 Å². The third kappa shape index (κ3) is 2.36. The molecule has 2 aromatic rings. The maximum absolute atomic E-state index is 13.2. The third-order valence-electron chi connectivity index (χ3n) is 2.07. The van der Waals surface area contributed by atoms with Crippen molar-refractivity contribution in [3.8, 4) is 0 Å². The Hall–Kier alpha value is -1.07. The lowest BCUT2D eigenvalue weighted by Gasteiger charge is -2.02. The molecule has 0 amide bonds. The van der Waals surface area contributed by atoms with Crippen molar-refractivity contribution in [3.05, 3.63) is 50.6 Å². The van der Waals surface area contributed by atoms with Gasteiger partial charge in [-0.15, -0.1) is 11.3 Å². The van der Waals surface area contributed by atoms with Crippen LogP contribution in [0.4, 0.5) is 4.39 Å². The maximum atomic E-state index is 13.2. The highest BCUT2D eigenvalue weighted by Gasteiger charge is 2.13. The largest absolute Gasteiger partial charge is 0.294 e. The second kappa shape index (κ2) is 4.84. The lowest BCUT2D eigenvalue weighted by atomic mass is 10.1. The Labute approximate surface area is 104 Å². The number of benzene rings is 1. The SMILES string of the molecule is O=C(Cc1cncs1)c1cccc(F)c1Br. The number of hydrogen-bond donors (Lipinski definition) is 0. The van der Waals surface area contributed by atoms with Crippen molar-refractivity contribution in [2.75, 3.05) is 0 Å². The van der Waals surface area contributed by atoms with Crippen LogP contribution < -0.4 is 0 Å². The van der Waals surface area contributed by atoms with Crippen molar-refractivity contribution in [1.29, 1.82) is 0 Å². The van der Waals surface area contributed by atoms with Crippen LogP contribution in [0.15, 0.2) is 34.4 Å². The van der Waals surface area contributed by atoms with Gasteiger partial charge in [-0.1, -0.05) is 12.1 Å². The Morgan fingerprint density at radius 3 is 3.00 bits per heavy atom. The Kier molecular flexibility index (Phi) is 3.46. The highest BCUT2D eigenvalue weighted by atomic mass is 79.9. The van der Waals surface area contributed by atoms with E-state index < -0.39 is 5.82 Å². The van der Waals surface area contributed by atoms with Gasteiger partial charge in [0.05, 0.1) is 9.98 Å². The fraction of sp³-hybridized carbons (Fsp3) is 0.0909. The predicted molar refractivity (Wildman–Crippen MR) is 64.2 cm³/mol. The van der Waals surface area contributed by atoms with Gasteiger partial charge in [0.25, 0.3) is 0 Å². The number of carbonyl (C=O) groups excluding carboxylic acids is 1. The van der Waals surface area contributed by atoms with Crippen LogP contribution in [0.25, 0.3) is 0 Å². The molecule has 1 heterocycles. The third-order valence-corrected chi connectivity index (χ3v) is 3.66. The van der Waals surface area contributed by atoms with E-state index in [1.807, 2.05) is 0 Å². The normalized spacial score (nSPS) is 10.4. The molecule has 0 aliphatic heterocycles. The molecule has 0 radical (unpaired) electrons. The van der Waals surface area contributed by atoms with E-state index in [4.69, 9.17) is 0 Å². The second-order valence-electron chi connectivity index (χ2n) is 3.17. The number of nitrogens with zero attached hydrogens (tertiary/aromatic N) is 1. The molecule has 0 atom stereocenters. The molecule has 0 fully saturated rings. The van der Waals surface area contributed by atoms with Gasteiger partial charge in [-0.05, 0) is 22.0 Å². The van der Waals surface area contributed by atoms with Gasteiger partial charge >= 0.3 is 0 Å². The Balaban J connectivity index is 2.24. The van der Waals surface area contributed by atoms with E-state index in [0.717, 1.165) is 4.88 Å². The molecule has 0 aliphatic rings. The van der Waals surface area contributed by atoms with Crippen LogP contribution in [0.1, 0.15) is 15.2 Å². The summed E-state index contributed by atoms with van der Waals surface area (Å²) in [7, 11) is 0. The van der Waals surface area contributed by atoms with Crippen molar-refractivity contribution in [2.45, 2.75) is 6.42 Å². The molecule has 2 nitrogen and oxygen atoms in total. The lowest BCUT2D eigenvalue weighted by Crippen LogP contribution is -2.04. The molecule has 1 aromatic carbocycles. The number of Topliss-reactive ketones (excluding diaryl/α,β-unsaturated/α-hetero) is 1. The number of halogens is 2. The van der Waals surface area contributed by atoms with Gasteiger partial charge in [0.2, 0.25) is 0 Å². The van der Waals surface area contributed by atoms with Gasteiger partial charge < -0.3 is 0 Å². The van der Waals surface area contributed by atoms with Crippen LogP contribution in [0.3, 0.4) is 0 Å². The molecule has 0 aliphatic carbocycles. The quantitative estimate of drug-likeness (QED) is 0.812. The summed E-state index contributed by atoms with van der Waals surface area (Å²) in [6.07, 6.45) is 1.91. The zero-order valence-corrected chi connectivity index (χ0v) is 10.5. The average molecular weight is 300 g/mol. The Bertz CT molecular complexity index is 513. The van der Waals surface area contributed by atoms with E-state index in [0.29, 0.717) is 5.56 Å². The number of ketones is 1. The summed E-state index contributed by atoms with van der Waals surface area (Å²) in [4.78, 5) is 16.6. The fourth-order valence-electron chi connectivity index (χ4n) is 1.30. The van der Waals surface area contributed by atoms with Crippen molar-refractivity contribution in [3.63, 3.8) is 0 Å². The van der Waals surface area contributed by atoms with Gasteiger partial charge in [-0.2, -0.15) is 0 Å². The fourth-order valence-corrected chi connectivity index (χ4v) is 2.38. The summed E-state index contributed by atoms with van der Waals surface area (Å²) in [6, 6.07) is 4.45. The molecule has 1 aromatic heterocycles. The van der Waals surface area contributed by atoms with E-state index in [1.54, 1.807) is 17.8 Å². The van der Waals surface area contributed by atoms with Crippen molar-refractivity contribution in [1.82, 2.24) is 4.98 Å². The first-order chi connectivity index (χ1) is 7.68. The minimum atomic E-state index is -0.421. The monoisotopic (exact) mass is 299 g/mol. The molecule has 0 bridgehead atoms. The smallest absolute Gasteiger partial charge is 0.169 e. The topological polar surface area (TPSA) is 30.0 Å². The average Bonchev–Trinajstić information content (AvgIpc) is 2.74. The summed E-state index contributed by atoms with van der Waals surface area (Å²) in [5.74, 6) is -0.536. The van der Waals surface area contributed by atoms with Crippen LogP contribution in [0.5, 0.6) is 0 Å².